The second kappa shape index (κ2) is 9.26. The maximum Gasteiger partial charge on any atom is 0.137 e. The van der Waals surface area contributed by atoms with E-state index in [0.717, 1.165) is 17.7 Å². The second-order valence-corrected chi connectivity index (χ2v) is 7.27. The lowest BCUT2D eigenvalue weighted by atomic mass is 9.92. The van der Waals surface area contributed by atoms with Gasteiger partial charge < -0.3 is 5.11 Å². The fourth-order valence-corrected chi connectivity index (χ4v) is 3.51. The molecular weight excluding hydrogens is 398 g/mol. The van der Waals surface area contributed by atoms with E-state index in [-0.39, 0.29) is 18.7 Å². The number of hydrogen-bond donors (Lipinski definition) is 1. The summed E-state index contributed by atoms with van der Waals surface area (Å²) < 4.78 is 29.4. The summed E-state index contributed by atoms with van der Waals surface area (Å²) in [6, 6.07) is 10.5. The van der Waals surface area contributed by atoms with E-state index in [1.54, 1.807) is 12.1 Å². The van der Waals surface area contributed by atoms with E-state index in [9.17, 15) is 13.9 Å². The maximum atomic E-state index is 14.6. The van der Waals surface area contributed by atoms with Crippen LogP contribution in [0.25, 0.3) is 0 Å². The van der Waals surface area contributed by atoms with Crippen molar-refractivity contribution in [1.29, 1.82) is 0 Å². The van der Waals surface area contributed by atoms with Crippen LogP contribution in [0.15, 0.2) is 67.8 Å². The summed E-state index contributed by atoms with van der Waals surface area (Å²) in [5, 5.41) is 16.1. The predicted molar refractivity (Wildman–Crippen MR) is 107 cm³/mol. The topological polar surface area (TPSA) is 54.2 Å². The number of rotatable bonds is 9. The molecule has 0 radical (unpaired) electrons. The first-order chi connectivity index (χ1) is 13.9. The number of halogens is 3. The highest BCUT2D eigenvalue weighted by atomic mass is 35.5. The van der Waals surface area contributed by atoms with Crippen LogP contribution in [0.3, 0.4) is 0 Å². The molecule has 0 fully saturated rings. The van der Waals surface area contributed by atoms with Gasteiger partial charge in [0.2, 0.25) is 0 Å². The van der Waals surface area contributed by atoms with Crippen molar-refractivity contribution in [3.8, 4) is 0 Å². The van der Waals surface area contributed by atoms with E-state index in [1.165, 1.54) is 23.4 Å². The molecule has 1 heterocycles. The number of benzene rings is 2. The molecule has 152 valence electrons. The van der Waals surface area contributed by atoms with Crippen molar-refractivity contribution >= 4 is 11.6 Å². The minimum atomic E-state index is -1.69. The minimum Gasteiger partial charge on any atom is -0.382 e. The highest BCUT2D eigenvalue weighted by Crippen LogP contribution is 2.28. The van der Waals surface area contributed by atoms with E-state index in [0.29, 0.717) is 18.1 Å². The van der Waals surface area contributed by atoms with E-state index >= 15 is 0 Å². The van der Waals surface area contributed by atoms with Crippen molar-refractivity contribution in [2.45, 2.75) is 18.7 Å². The van der Waals surface area contributed by atoms with Crippen LogP contribution in [0, 0.1) is 11.6 Å². The average Bonchev–Trinajstić information content (AvgIpc) is 3.14. The first-order valence-electron chi connectivity index (χ1n) is 8.97. The Kier molecular flexibility index (Phi) is 6.74. The van der Waals surface area contributed by atoms with Crippen molar-refractivity contribution in [3.05, 3.63) is 95.6 Å². The van der Waals surface area contributed by atoms with Gasteiger partial charge in [-0.25, -0.2) is 18.4 Å². The summed E-state index contributed by atoms with van der Waals surface area (Å²) in [7, 11) is 0. The van der Waals surface area contributed by atoms with Crippen molar-refractivity contribution in [2.24, 2.45) is 0 Å². The number of aromatic nitrogens is 3. The molecule has 0 aliphatic rings. The molecular formula is C21H21ClF2N4O. The normalized spacial score (nSPS) is 13.4. The largest absolute Gasteiger partial charge is 0.382 e. The van der Waals surface area contributed by atoms with Crippen LogP contribution in [0.1, 0.15) is 11.1 Å². The molecule has 3 rings (SSSR count). The van der Waals surface area contributed by atoms with Gasteiger partial charge in [0.1, 0.15) is 29.9 Å². The molecule has 0 spiro atoms. The Bertz CT molecular complexity index is 967. The van der Waals surface area contributed by atoms with E-state index < -0.39 is 17.2 Å². The lowest BCUT2D eigenvalue weighted by Crippen LogP contribution is -2.44. The van der Waals surface area contributed by atoms with Gasteiger partial charge >= 0.3 is 0 Å². The number of nitrogens with zero attached hydrogens (tertiary/aromatic N) is 4. The Hall–Kier alpha value is -2.61. The Morgan fingerprint density at radius 3 is 2.72 bits per heavy atom. The molecule has 8 heteroatoms. The summed E-state index contributed by atoms with van der Waals surface area (Å²) >= 11 is 6.07. The van der Waals surface area contributed by atoms with Crippen LogP contribution in [0.2, 0.25) is 5.02 Å². The van der Waals surface area contributed by atoms with E-state index in [1.807, 2.05) is 23.1 Å². The van der Waals surface area contributed by atoms with Crippen molar-refractivity contribution < 1.29 is 13.9 Å². The van der Waals surface area contributed by atoms with Crippen LogP contribution in [0.4, 0.5) is 8.78 Å². The van der Waals surface area contributed by atoms with Gasteiger partial charge in [-0.15, -0.1) is 6.58 Å². The zero-order valence-corrected chi connectivity index (χ0v) is 16.4. The molecule has 0 aliphatic carbocycles. The SMILES string of the molecule is C=CCN(Cc1cccc(Cl)c1)CC(O)(Cn1cncn1)c1ccc(F)cc1F. The molecule has 3 aromatic rings. The second-order valence-electron chi connectivity index (χ2n) is 6.84. The quantitative estimate of drug-likeness (QED) is 0.537. The van der Waals surface area contributed by atoms with Gasteiger partial charge in [0.05, 0.1) is 6.54 Å². The Morgan fingerprint density at radius 1 is 1.24 bits per heavy atom. The average molecular weight is 419 g/mol. The van der Waals surface area contributed by atoms with Crippen LogP contribution in [-0.2, 0) is 18.7 Å². The predicted octanol–water partition coefficient (Wildman–Crippen LogP) is 3.79. The van der Waals surface area contributed by atoms with Crippen LogP contribution >= 0.6 is 11.6 Å². The molecule has 1 aromatic heterocycles. The Labute approximate surface area is 172 Å². The summed E-state index contributed by atoms with van der Waals surface area (Å²) in [6.07, 6.45) is 4.46. The molecule has 1 unspecified atom stereocenters. The van der Waals surface area contributed by atoms with Gasteiger partial charge in [-0.1, -0.05) is 35.9 Å². The molecule has 0 amide bonds. The van der Waals surface area contributed by atoms with Crippen molar-refractivity contribution in [2.75, 3.05) is 13.1 Å². The lowest BCUT2D eigenvalue weighted by molar-refractivity contribution is -0.0210. The van der Waals surface area contributed by atoms with Crippen LogP contribution in [0.5, 0.6) is 0 Å². The highest BCUT2D eigenvalue weighted by molar-refractivity contribution is 6.30. The van der Waals surface area contributed by atoms with Gasteiger partial charge in [-0.2, -0.15) is 5.10 Å². The summed E-state index contributed by atoms with van der Waals surface area (Å²) in [6.45, 7) is 4.65. The molecule has 5 nitrogen and oxygen atoms in total. The highest BCUT2D eigenvalue weighted by Gasteiger charge is 2.35. The van der Waals surface area contributed by atoms with Gasteiger partial charge in [-0.05, 0) is 23.8 Å². The van der Waals surface area contributed by atoms with E-state index in [4.69, 9.17) is 11.6 Å². The summed E-state index contributed by atoms with van der Waals surface area (Å²) in [5.41, 5.74) is -0.774. The zero-order chi connectivity index (χ0) is 20.9. The molecule has 1 N–H and O–H groups in total. The van der Waals surface area contributed by atoms with Crippen molar-refractivity contribution in [1.82, 2.24) is 19.7 Å². The third-order valence-corrected chi connectivity index (χ3v) is 4.73. The lowest BCUT2D eigenvalue weighted by Gasteiger charge is -2.34. The summed E-state index contributed by atoms with van der Waals surface area (Å²) in [5.74, 6) is -1.54. The van der Waals surface area contributed by atoms with Crippen LogP contribution in [-0.4, -0.2) is 37.9 Å². The van der Waals surface area contributed by atoms with Gasteiger partial charge in [-0.3, -0.25) is 4.90 Å². The van der Waals surface area contributed by atoms with Crippen molar-refractivity contribution in [3.63, 3.8) is 0 Å². The third-order valence-electron chi connectivity index (χ3n) is 4.49. The number of hydrogen-bond acceptors (Lipinski definition) is 4. The maximum absolute atomic E-state index is 14.6. The third kappa shape index (κ3) is 5.47. The first-order valence-corrected chi connectivity index (χ1v) is 9.35. The molecule has 0 saturated carbocycles. The molecule has 0 saturated heterocycles. The molecule has 0 bridgehead atoms. The molecule has 2 aromatic carbocycles. The minimum absolute atomic E-state index is 0.0189. The fourth-order valence-electron chi connectivity index (χ4n) is 3.30. The van der Waals surface area contributed by atoms with E-state index in [2.05, 4.69) is 16.7 Å². The van der Waals surface area contributed by atoms with Gasteiger partial charge in [0.15, 0.2) is 0 Å². The monoisotopic (exact) mass is 418 g/mol. The first kappa shape index (κ1) is 21.1. The smallest absolute Gasteiger partial charge is 0.137 e. The Morgan fingerprint density at radius 2 is 2.07 bits per heavy atom. The van der Waals surface area contributed by atoms with Crippen LogP contribution < -0.4 is 0 Å². The van der Waals surface area contributed by atoms with Gasteiger partial charge in [0.25, 0.3) is 0 Å². The zero-order valence-electron chi connectivity index (χ0n) is 15.7. The molecule has 0 aliphatic heterocycles. The number of aliphatic hydroxyl groups is 1. The Balaban J connectivity index is 1.93. The van der Waals surface area contributed by atoms with Gasteiger partial charge in [0, 0.05) is 36.3 Å². The summed E-state index contributed by atoms with van der Waals surface area (Å²) in [4.78, 5) is 5.77. The fraction of sp³-hybridized carbons (Fsp3) is 0.238. The molecule has 29 heavy (non-hydrogen) atoms. The standard InChI is InChI=1S/C21H21ClF2N4O/c1-2-8-27(11-16-4-3-5-17(22)9-16)12-21(29,13-28-15-25-14-26-28)19-7-6-18(23)10-20(19)24/h2-7,9-10,14-15,29H,1,8,11-13H2. The molecule has 1 atom stereocenters.